The molecule has 140 valence electrons. The van der Waals surface area contributed by atoms with Gasteiger partial charge in [0.2, 0.25) is 5.91 Å². The van der Waals surface area contributed by atoms with E-state index in [9.17, 15) is 9.59 Å². The molecule has 6 nitrogen and oxygen atoms in total. The fourth-order valence-electron chi connectivity index (χ4n) is 2.03. The van der Waals surface area contributed by atoms with E-state index in [1.165, 1.54) is 23.1 Å². The van der Waals surface area contributed by atoms with Crippen LogP contribution in [-0.2, 0) is 20.7 Å². The number of benzene rings is 1. The smallest absolute Gasteiger partial charge is 0.311 e. The average Bonchev–Trinajstić information content (AvgIpc) is 3.03. The van der Waals surface area contributed by atoms with Crippen molar-refractivity contribution < 1.29 is 19.1 Å². The molecule has 1 amide bonds. The number of hydrogen-bond acceptors (Lipinski definition) is 7. The lowest BCUT2D eigenvalue weighted by Gasteiger charge is -2.11. The standard InChI is InChI=1S/C18H22N2O4S2/c1-4-23-15-8-6-13(7-9-15)19-17(22)12(3)26-18-20-14(11-25-18)10-16(21)24-5-2/h6-9,11-12H,4-5,10H2,1-3H3,(H,19,22). The zero-order chi connectivity index (χ0) is 18.9. The molecule has 0 saturated heterocycles. The van der Waals surface area contributed by atoms with Gasteiger partial charge in [-0.3, -0.25) is 9.59 Å². The number of carbonyl (C=O) groups is 2. The first-order valence-electron chi connectivity index (χ1n) is 8.32. The summed E-state index contributed by atoms with van der Waals surface area (Å²) in [4.78, 5) is 28.2. The molecule has 0 saturated carbocycles. The van der Waals surface area contributed by atoms with Gasteiger partial charge in [0, 0.05) is 11.1 Å². The third-order valence-electron chi connectivity index (χ3n) is 3.24. The van der Waals surface area contributed by atoms with E-state index in [2.05, 4.69) is 10.3 Å². The van der Waals surface area contributed by atoms with E-state index in [-0.39, 0.29) is 23.5 Å². The number of nitrogens with one attached hydrogen (secondary N) is 1. The first-order chi connectivity index (χ1) is 12.5. The predicted molar refractivity (Wildman–Crippen MR) is 104 cm³/mol. The molecule has 2 aromatic rings. The summed E-state index contributed by atoms with van der Waals surface area (Å²) in [6, 6.07) is 7.25. The summed E-state index contributed by atoms with van der Waals surface area (Å²) in [6.07, 6.45) is 0.150. The first kappa shape index (κ1) is 20.3. The topological polar surface area (TPSA) is 77.5 Å². The summed E-state index contributed by atoms with van der Waals surface area (Å²) < 4.78 is 11.0. The Balaban J connectivity index is 1.86. The third-order valence-corrected chi connectivity index (χ3v) is 5.36. The Bertz CT molecular complexity index is 731. The Morgan fingerprint density at radius 3 is 2.62 bits per heavy atom. The van der Waals surface area contributed by atoms with Crippen LogP contribution >= 0.6 is 23.1 Å². The van der Waals surface area contributed by atoms with Crippen LogP contribution in [0.2, 0.25) is 0 Å². The SMILES string of the molecule is CCOC(=O)Cc1csc(SC(C)C(=O)Nc2ccc(OCC)cc2)n1. The molecule has 0 bridgehead atoms. The zero-order valence-corrected chi connectivity index (χ0v) is 16.6. The summed E-state index contributed by atoms with van der Waals surface area (Å²) >= 11 is 2.78. The van der Waals surface area contributed by atoms with E-state index in [0.29, 0.717) is 24.6 Å². The normalized spacial score (nSPS) is 11.7. The second-order valence-corrected chi connectivity index (χ2v) is 7.74. The lowest BCUT2D eigenvalue weighted by Crippen LogP contribution is -2.22. The number of anilines is 1. The van der Waals surface area contributed by atoms with E-state index in [4.69, 9.17) is 9.47 Å². The second-order valence-electron chi connectivity index (χ2n) is 5.29. The van der Waals surface area contributed by atoms with Gasteiger partial charge in [0.05, 0.1) is 30.6 Å². The molecule has 0 radical (unpaired) electrons. The van der Waals surface area contributed by atoms with E-state index in [1.54, 1.807) is 19.1 Å². The van der Waals surface area contributed by atoms with Gasteiger partial charge in [0.1, 0.15) is 5.75 Å². The first-order valence-corrected chi connectivity index (χ1v) is 10.1. The van der Waals surface area contributed by atoms with Crippen molar-refractivity contribution in [2.24, 2.45) is 0 Å². The number of aromatic nitrogens is 1. The number of ether oxygens (including phenoxy) is 2. The Morgan fingerprint density at radius 1 is 1.23 bits per heavy atom. The highest BCUT2D eigenvalue weighted by Gasteiger charge is 2.17. The van der Waals surface area contributed by atoms with Crippen molar-refractivity contribution in [3.05, 3.63) is 35.3 Å². The van der Waals surface area contributed by atoms with Gasteiger partial charge in [-0.1, -0.05) is 11.8 Å². The second kappa shape index (κ2) is 10.2. The number of carbonyl (C=O) groups excluding carboxylic acids is 2. The molecule has 1 atom stereocenters. The molecule has 1 aromatic heterocycles. The fraction of sp³-hybridized carbons (Fsp3) is 0.389. The van der Waals surface area contributed by atoms with Crippen LogP contribution in [0.1, 0.15) is 26.5 Å². The lowest BCUT2D eigenvalue weighted by atomic mass is 10.3. The molecule has 1 unspecified atom stereocenters. The third kappa shape index (κ3) is 6.34. The van der Waals surface area contributed by atoms with Gasteiger partial charge < -0.3 is 14.8 Å². The van der Waals surface area contributed by atoms with Crippen molar-refractivity contribution >= 4 is 40.7 Å². The summed E-state index contributed by atoms with van der Waals surface area (Å²) in [6.45, 7) is 6.47. The highest BCUT2D eigenvalue weighted by molar-refractivity contribution is 8.02. The molecule has 1 N–H and O–H groups in total. The number of esters is 1. The summed E-state index contributed by atoms with van der Waals surface area (Å²) in [7, 11) is 0. The van der Waals surface area contributed by atoms with Crippen LogP contribution in [0.4, 0.5) is 5.69 Å². The number of rotatable bonds is 9. The number of amides is 1. The molecule has 1 heterocycles. The Hall–Kier alpha value is -2.06. The Labute approximate surface area is 161 Å². The number of nitrogens with zero attached hydrogens (tertiary/aromatic N) is 1. The van der Waals surface area contributed by atoms with Crippen molar-refractivity contribution in [3.63, 3.8) is 0 Å². The van der Waals surface area contributed by atoms with E-state index < -0.39 is 0 Å². The molecule has 0 aliphatic carbocycles. The van der Waals surface area contributed by atoms with Gasteiger partial charge in [0.25, 0.3) is 0 Å². The molecule has 0 aliphatic rings. The predicted octanol–water partition coefficient (Wildman–Crippen LogP) is 3.77. The Kier molecular flexibility index (Phi) is 7.93. The van der Waals surface area contributed by atoms with Crippen LogP contribution in [0.5, 0.6) is 5.75 Å². The maximum absolute atomic E-state index is 12.3. The van der Waals surface area contributed by atoms with Crippen molar-refractivity contribution in [1.82, 2.24) is 4.98 Å². The monoisotopic (exact) mass is 394 g/mol. The minimum atomic E-state index is -0.317. The molecule has 0 aliphatic heterocycles. The van der Waals surface area contributed by atoms with Gasteiger partial charge in [-0.25, -0.2) is 4.98 Å². The molecular formula is C18H22N2O4S2. The van der Waals surface area contributed by atoms with E-state index in [0.717, 1.165) is 10.1 Å². The highest BCUT2D eigenvalue weighted by atomic mass is 32.2. The maximum Gasteiger partial charge on any atom is 0.311 e. The largest absolute Gasteiger partial charge is 0.494 e. The lowest BCUT2D eigenvalue weighted by molar-refractivity contribution is -0.142. The van der Waals surface area contributed by atoms with E-state index >= 15 is 0 Å². The summed E-state index contributed by atoms with van der Waals surface area (Å²) in [5, 5.41) is 4.37. The average molecular weight is 395 g/mol. The number of hydrogen-bond donors (Lipinski definition) is 1. The van der Waals surface area contributed by atoms with Gasteiger partial charge in [-0.05, 0) is 45.0 Å². The molecule has 2 rings (SSSR count). The molecular weight excluding hydrogens is 372 g/mol. The van der Waals surface area contributed by atoms with Gasteiger partial charge in [-0.2, -0.15) is 0 Å². The van der Waals surface area contributed by atoms with Crippen molar-refractivity contribution in [3.8, 4) is 5.75 Å². The molecule has 1 aromatic carbocycles. The molecule has 8 heteroatoms. The van der Waals surface area contributed by atoms with Crippen LogP contribution in [0.15, 0.2) is 34.0 Å². The number of thiazole rings is 1. The molecule has 0 spiro atoms. The van der Waals surface area contributed by atoms with Crippen LogP contribution in [0.25, 0.3) is 0 Å². The van der Waals surface area contributed by atoms with Gasteiger partial charge >= 0.3 is 5.97 Å². The van der Waals surface area contributed by atoms with Crippen LogP contribution in [0.3, 0.4) is 0 Å². The zero-order valence-electron chi connectivity index (χ0n) is 15.0. The van der Waals surface area contributed by atoms with Crippen LogP contribution in [-0.4, -0.2) is 35.3 Å². The Morgan fingerprint density at radius 2 is 1.96 bits per heavy atom. The fourth-order valence-corrected chi connectivity index (χ4v) is 4.01. The van der Waals surface area contributed by atoms with Gasteiger partial charge in [-0.15, -0.1) is 11.3 Å². The maximum atomic E-state index is 12.3. The van der Waals surface area contributed by atoms with Crippen molar-refractivity contribution in [2.75, 3.05) is 18.5 Å². The molecule has 0 fully saturated rings. The summed E-state index contributed by atoms with van der Waals surface area (Å²) in [5.41, 5.74) is 1.38. The molecule has 26 heavy (non-hydrogen) atoms. The van der Waals surface area contributed by atoms with E-state index in [1.807, 2.05) is 31.4 Å². The minimum Gasteiger partial charge on any atom is -0.494 e. The highest BCUT2D eigenvalue weighted by Crippen LogP contribution is 2.28. The quantitative estimate of drug-likeness (QED) is 0.515. The summed E-state index contributed by atoms with van der Waals surface area (Å²) in [5.74, 6) is 0.363. The number of thioether (sulfide) groups is 1. The van der Waals surface area contributed by atoms with Crippen LogP contribution < -0.4 is 10.1 Å². The van der Waals surface area contributed by atoms with Crippen molar-refractivity contribution in [2.45, 2.75) is 36.8 Å². The van der Waals surface area contributed by atoms with Crippen LogP contribution in [0, 0.1) is 0 Å². The van der Waals surface area contributed by atoms with Crippen molar-refractivity contribution in [1.29, 1.82) is 0 Å². The minimum absolute atomic E-state index is 0.110. The van der Waals surface area contributed by atoms with Gasteiger partial charge in [0.15, 0.2) is 4.34 Å².